The molecule has 0 aliphatic carbocycles. The predicted molar refractivity (Wildman–Crippen MR) is 73.7 cm³/mol. The molecule has 1 saturated heterocycles. The van der Waals surface area contributed by atoms with Crippen LogP contribution in [0, 0.1) is 5.92 Å². The number of likely N-dealkylation sites (tertiary alicyclic amines) is 1. The second-order valence-electron chi connectivity index (χ2n) is 5.12. The zero-order valence-corrected chi connectivity index (χ0v) is 11.2. The Morgan fingerprint density at radius 1 is 1.21 bits per heavy atom. The largest absolute Gasteiger partial charge is 0.341 e. The minimum Gasteiger partial charge on any atom is -0.341 e. The molecule has 1 aliphatic heterocycles. The van der Waals surface area contributed by atoms with Crippen molar-refractivity contribution in [3.8, 4) is 0 Å². The van der Waals surface area contributed by atoms with E-state index < -0.39 is 6.04 Å². The van der Waals surface area contributed by atoms with E-state index in [0.29, 0.717) is 13.1 Å². The van der Waals surface area contributed by atoms with Crippen LogP contribution in [0.3, 0.4) is 0 Å². The first-order valence-corrected chi connectivity index (χ1v) is 6.73. The Hall–Kier alpha value is -1.68. The van der Waals surface area contributed by atoms with Gasteiger partial charge in [0, 0.05) is 24.6 Å². The Morgan fingerprint density at radius 2 is 1.79 bits per heavy atom. The molecule has 0 aromatic heterocycles. The minimum atomic E-state index is -0.457. The van der Waals surface area contributed by atoms with E-state index in [2.05, 4.69) is 0 Å². The smallest absolute Gasteiger partial charge is 0.239 e. The van der Waals surface area contributed by atoms with Crippen LogP contribution in [-0.4, -0.2) is 35.7 Å². The Labute approximate surface area is 113 Å². The van der Waals surface area contributed by atoms with E-state index in [4.69, 9.17) is 5.73 Å². The molecule has 2 N–H and O–H groups in total. The first kappa shape index (κ1) is 13.7. The van der Waals surface area contributed by atoms with Gasteiger partial charge in [0.15, 0.2) is 5.78 Å². The molecule has 4 heteroatoms. The maximum absolute atomic E-state index is 12.3. The van der Waals surface area contributed by atoms with Crippen LogP contribution in [0.15, 0.2) is 30.3 Å². The van der Waals surface area contributed by atoms with Gasteiger partial charge in [0.2, 0.25) is 5.91 Å². The average molecular weight is 260 g/mol. The van der Waals surface area contributed by atoms with Crippen molar-refractivity contribution in [1.82, 2.24) is 4.90 Å². The molecule has 4 nitrogen and oxygen atoms in total. The summed E-state index contributed by atoms with van der Waals surface area (Å²) in [5.41, 5.74) is 6.36. The Balaban J connectivity index is 1.94. The molecular weight excluding hydrogens is 240 g/mol. The molecule has 1 fully saturated rings. The number of nitrogens with zero attached hydrogens (tertiary/aromatic N) is 1. The quantitative estimate of drug-likeness (QED) is 0.837. The number of ketones is 1. The number of amides is 1. The summed E-state index contributed by atoms with van der Waals surface area (Å²) in [7, 11) is 0. The van der Waals surface area contributed by atoms with Crippen LogP contribution in [0.25, 0.3) is 0 Å². The van der Waals surface area contributed by atoms with Crippen LogP contribution >= 0.6 is 0 Å². The molecule has 0 unspecified atom stereocenters. The number of piperidine rings is 1. The second-order valence-corrected chi connectivity index (χ2v) is 5.12. The summed E-state index contributed by atoms with van der Waals surface area (Å²) >= 11 is 0. The molecule has 1 aromatic carbocycles. The summed E-state index contributed by atoms with van der Waals surface area (Å²) in [5.74, 6) is 0.193. The van der Waals surface area contributed by atoms with E-state index in [-0.39, 0.29) is 17.6 Å². The van der Waals surface area contributed by atoms with Gasteiger partial charge in [0.05, 0.1) is 6.04 Å². The SMILES string of the molecule is C[C@H](N)C(=O)N1CCC(C(=O)c2ccccc2)CC1. The number of nitrogens with two attached hydrogens (primary N) is 1. The summed E-state index contributed by atoms with van der Waals surface area (Å²) in [6.07, 6.45) is 1.46. The molecule has 1 atom stereocenters. The van der Waals surface area contributed by atoms with E-state index in [1.807, 2.05) is 30.3 Å². The number of carbonyl (C=O) groups is 2. The molecule has 0 bridgehead atoms. The average Bonchev–Trinajstić information content (AvgIpc) is 2.46. The maximum Gasteiger partial charge on any atom is 0.239 e. The number of Topliss-reactive ketones (excluding diaryl/α,β-unsaturated/α-hetero) is 1. The lowest BCUT2D eigenvalue weighted by atomic mass is 9.89. The highest BCUT2D eigenvalue weighted by atomic mass is 16.2. The molecule has 1 amide bonds. The lowest BCUT2D eigenvalue weighted by Crippen LogP contribution is -2.46. The van der Waals surface area contributed by atoms with Crippen LogP contribution in [0.4, 0.5) is 0 Å². The molecule has 2 rings (SSSR count). The van der Waals surface area contributed by atoms with Gasteiger partial charge in [0.25, 0.3) is 0 Å². The highest BCUT2D eigenvalue weighted by Crippen LogP contribution is 2.22. The fraction of sp³-hybridized carbons (Fsp3) is 0.467. The van der Waals surface area contributed by atoms with Crippen molar-refractivity contribution in [2.45, 2.75) is 25.8 Å². The monoisotopic (exact) mass is 260 g/mol. The van der Waals surface area contributed by atoms with Crippen molar-refractivity contribution in [3.05, 3.63) is 35.9 Å². The fourth-order valence-electron chi connectivity index (χ4n) is 2.49. The minimum absolute atomic E-state index is 0.0226. The van der Waals surface area contributed by atoms with Crippen molar-refractivity contribution in [2.24, 2.45) is 11.7 Å². The lowest BCUT2D eigenvalue weighted by molar-refractivity contribution is -0.133. The van der Waals surface area contributed by atoms with Crippen LogP contribution in [0.2, 0.25) is 0 Å². The lowest BCUT2D eigenvalue weighted by Gasteiger charge is -2.32. The van der Waals surface area contributed by atoms with Crippen molar-refractivity contribution in [3.63, 3.8) is 0 Å². The fourth-order valence-corrected chi connectivity index (χ4v) is 2.49. The standard InChI is InChI=1S/C15H20N2O2/c1-11(16)15(19)17-9-7-13(8-10-17)14(18)12-5-3-2-4-6-12/h2-6,11,13H,7-10,16H2,1H3/t11-/m0/s1. The van der Waals surface area contributed by atoms with E-state index in [1.54, 1.807) is 11.8 Å². The van der Waals surface area contributed by atoms with Crippen molar-refractivity contribution >= 4 is 11.7 Å². The third-order valence-electron chi connectivity index (χ3n) is 3.63. The molecular formula is C15H20N2O2. The number of rotatable bonds is 3. The second kappa shape index (κ2) is 5.97. The van der Waals surface area contributed by atoms with Crippen molar-refractivity contribution in [2.75, 3.05) is 13.1 Å². The first-order chi connectivity index (χ1) is 9.09. The highest BCUT2D eigenvalue weighted by Gasteiger charge is 2.28. The van der Waals surface area contributed by atoms with Gasteiger partial charge in [-0.3, -0.25) is 9.59 Å². The number of benzene rings is 1. The topological polar surface area (TPSA) is 63.4 Å². The number of hydrogen-bond donors (Lipinski definition) is 1. The highest BCUT2D eigenvalue weighted by molar-refractivity contribution is 5.98. The molecule has 1 aliphatic rings. The molecule has 102 valence electrons. The van der Waals surface area contributed by atoms with Gasteiger partial charge in [-0.1, -0.05) is 30.3 Å². The van der Waals surface area contributed by atoms with Crippen LogP contribution in [-0.2, 0) is 4.79 Å². The van der Waals surface area contributed by atoms with Gasteiger partial charge in [0.1, 0.15) is 0 Å². The molecule has 0 saturated carbocycles. The van der Waals surface area contributed by atoms with E-state index in [0.717, 1.165) is 18.4 Å². The van der Waals surface area contributed by atoms with Crippen LogP contribution < -0.4 is 5.73 Å². The zero-order chi connectivity index (χ0) is 13.8. The van der Waals surface area contributed by atoms with Crippen molar-refractivity contribution in [1.29, 1.82) is 0 Å². The van der Waals surface area contributed by atoms with E-state index >= 15 is 0 Å². The predicted octanol–water partition coefficient (Wildman–Crippen LogP) is 1.46. The summed E-state index contributed by atoms with van der Waals surface area (Å²) in [5, 5.41) is 0. The summed E-state index contributed by atoms with van der Waals surface area (Å²) in [6, 6.07) is 8.90. The van der Waals surface area contributed by atoms with E-state index in [9.17, 15) is 9.59 Å². The summed E-state index contributed by atoms with van der Waals surface area (Å²) in [6.45, 7) is 2.96. The Bertz CT molecular complexity index is 448. The summed E-state index contributed by atoms with van der Waals surface area (Å²) < 4.78 is 0. The molecule has 1 aromatic rings. The third-order valence-corrected chi connectivity index (χ3v) is 3.63. The Morgan fingerprint density at radius 3 is 2.32 bits per heavy atom. The number of carbonyl (C=O) groups excluding carboxylic acids is 2. The molecule has 0 spiro atoms. The summed E-state index contributed by atoms with van der Waals surface area (Å²) in [4.78, 5) is 25.8. The van der Waals surface area contributed by atoms with Crippen LogP contribution in [0.5, 0.6) is 0 Å². The molecule has 1 heterocycles. The Kier molecular flexibility index (Phi) is 4.32. The van der Waals surface area contributed by atoms with Gasteiger partial charge < -0.3 is 10.6 Å². The van der Waals surface area contributed by atoms with Gasteiger partial charge in [-0.15, -0.1) is 0 Å². The van der Waals surface area contributed by atoms with Gasteiger partial charge in [-0.25, -0.2) is 0 Å². The van der Waals surface area contributed by atoms with Gasteiger partial charge in [-0.05, 0) is 19.8 Å². The van der Waals surface area contributed by atoms with Gasteiger partial charge in [-0.2, -0.15) is 0 Å². The number of hydrogen-bond acceptors (Lipinski definition) is 3. The maximum atomic E-state index is 12.3. The van der Waals surface area contributed by atoms with Gasteiger partial charge >= 0.3 is 0 Å². The van der Waals surface area contributed by atoms with E-state index in [1.165, 1.54) is 0 Å². The van der Waals surface area contributed by atoms with Crippen molar-refractivity contribution < 1.29 is 9.59 Å². The zero-order valence-electron chi connectivity index (χ0n) is 11.2. The normalized spacial score (nSPS) is 18.1. The molecule has 19 heavy (non-hydrogen) atoms. The third kappa shape index (κ3) is 3.20. The first-order valence-electron chi connectivity index (χ1n) is 6.73. The van der Waals surface area contributed by atoms with Crippen LogP contribution in [0.1, 0.15) is 30.1 Å². The molecule has 0 radical (unpaired) electrons.